The summed E-state index contributed by atoms with van der Waals surface area (Å²) in [5.41, 5.74) is 8.06. The van der Waals surface area contributed by atoms with Crippen molar-refractivity contribution < 1.29 is 4.79 Å². The molecule has 5 nitrogen and oxygen atoms in total. The van der Waals surface area contributed by atoms with Crippen LogP contribution in [0.15, 0.2) is 18.2 Å². The molecule has 0 saturated heterocycles. The number of hydrogen-bond acceptors (Lipinski definition) is 3. The van der Waals surface area contributed by atoms with Gasteiger partial charge in [0.1, 0.15) is 0 Å². The van der Waals surface area contributed by atoms with Crippen molar-refractivity contribution in [3.8, 4) is 0 Å². The molecule has 0 saturated carbocycles. The first-order valence-corrected chi connectivity index (χ1v) is 9.24. The zero-order valence-electron chi connectivity index (χ0n) is 14.7. The normalized spacial score (nSPS) is 11.0. The van der Waals surface area contributed by atoms with Crippen LogP contribution in [0.4, 0.5) is 11.6 Å². The minimum absolute atomic E-state index is 0.0739. The Hall–Kier alpha value is -2.04. The van der Waals surface area contributed by atoms with Crippen LogP contribution >= 0.6 is 0 Å². The average Bonchev–Trinajstić information content (AvgIpc) is 2.92. The second-order valence-corrected chi connectivity index (χ2v) is 6.48. The van der Waals surface area contributed by atoms with Crippen LogP contribution in [0.25, 0.3) is 11.0 Å². The number of amides is 1. The zero-order chi connectivity index (χ0) is 17.2. The number of nitrogen functional groups attached to an aromatic ring is 1. The van der Waals surface area contributed by atoms with Crippen molar-refractivity contribution in [2.45, 2.75) is 71.1 Å². The van der Waals surface area contributed by atoms with E-state index in [1.165, 1.54) is 44.9 Å². The van der Waals surface area contributed by atoms with Gasteiger partial charge in [0, 0.05) is 12.1 Å². The molecule has 1 aromatic heterocycles. The first kappa shape index (κ1) is 18.3. The quantitative estimate of drug-likeness (QED) is 0.507. The summed E-state index contributed by atoms with van der Waals surface area (Å²) in [6.45, 7) is 2.24. The van der Waals surface area contributed by atoms with Gasteiger partial charge in [-0.3, -0.25) is 4.79 Å². The topological polar surface area (TPSA) is 83.8 Å². The van der Waals surface area contributed by atoms with E-state index in [9.17, 15) is 4.79 Å². The molecule has 24 heavy (non-hydrogen) atoms. The maximum absolute atomic E-state index is 12.0. The molecule has 0 aliphatic carbocycles. The van der Waals surface area contributed by atoms with E-state index in [-0.39, 0.29) is 5.91 Å². The number of rotatable bonds is 11. The largest absolute Gasteiger partial charge is 0.369 e. The number of fused-ring (bicyclic) bond motifs is 1. The zero-order valence-corrected chi connectivity index (χ0v) is 14.7. The summed E-state index contributed by atoms with van der Waals surface area (Å²) in [4.78, 5) is 19.1. The fraction of sp³-hybridized carbons (Fsp3) is 0.579. The Morgan fingerprint density at radius 1 is 1.08 bits per heavy atom. The Morgan fingerprint density at radius 3 is 2.46 bits per heavy atom. The number of carbonyl (C=O) groups excluding carboxylic acids is 1. The van der Waals surface area contributed by atoms with Crippen LogP contribution in [0.1, 0.15) is 71.1 Å². The van der Waals surface area contributed by atoms with E-state index in [1.807, 2.05) is 18.2 Å². The molecule has 4 N–H and O–H groups in total. The lowest BCUT2D eigenvalue weighted by molar-refractivity contribution is -0.116. The summed E-state index contributed by atoms with van der Waals surface area (Å²) in [6.07, 6.45) is 11.9. The lowest BCUT2D eigenvalue weighted by Crippen LogP contribution is -2.10. The highest BCUT2D eigenvalue weighted by Crippen LogP contribution is 2.18. The van der Waals surface area contributed by atoms with E-state index in [1.54, 1.807) is 0 Å². The van der Waals surface area contributed by atoms with Crippen molar-refractivity contribution in [3.05, 3.63) is 18.2 Å². The minimum atomic E-state index is 0.0739. The van der Waals surface area contributed by atoms with E-state index in [0.717, 1.165) is 29.6 Å². The molecular formula is C19H30N4O. The molecule has 0 bridgehead atoms. The van der Waals surface area contributed by atoms with Crippen LogP contribution in [0.5, 0.6) is 0 Å². The number of aromatic nitrogens is 2. The summed E-state index contributed by atoms with van der Waals surface area (Å²) in [5, 5.41) is 2.94. The Balaban J connectivity index is 1.59. The second kappa shape index (κ2) is 9.96. The number of carbonyl (C=O) groups is 1. The summed E-state index contributed by atoms with van der Waals surface area (Å²) in [6, 6.07) is 5.58. The molecule has 0 fully saturated rings. The molecule has 132 valence electrons. The minimum Gasteiger partial charge on any atom is -0.369 e. The number of anilines is 2. The van der Waals surface area contributed by atoms with Crippen LogP contribution in [0, 0.1) is 0 Å². The third-order valence-corrected chi connectivity index (χ3v) is 4.29. The highest BCUT2D eigenvalue weighted by molar-refractivity contribution is 5.93. The number of H-pyrrole nitrogens is 1. The maximum Gasteiger partial charge on any atom is 0.224 e. The number of benzene rings is 1. The van der Waals surface area contributed by atoms with Crippen molar-refractivity contribution in [3.63, 3.8) is 0 Å². The van der Waals surface area contributed by atoms with Gasteiger partial charge in [-0.15, -0.1) is 0 Å². The van der Waals surface area contributed by atoms with Crippen molar-refractivity contribution in [2.24, 2.45) is 0 Å². The maximum atomic E-state index is 12.0. The van der Waals surface area contributed by atoms with Gasteiger partial charge in [0.2, 0.25) is 5.91 Å². The number of nitrogens with one attached hydrogen (secondary N) is 2. The van der Waals surface area contributed by atoms with Gasteiger partial charge in [-0.05, 0) is 24.6 Å². The van der Waals surface area contributed by atoms with E-state index >= 15 is 0 Å². The number of nitrogens with two attached hydrogens (primary N) is 1. The monoisotopic (exact) mass is 330 g/mol. The molecule has 1 amide bonds. The molecule has 0 unspecified atom stereocenters. The second-order valence-electron chi connectivity index (χ2n) is 6.48. The van der Waals surface area contributed by atoms with Gasteiger partial charge in [0.15, 0.2) is 5.95 Å². The summed E-state index contributed by atoms with van der Waals surface area (Å²) in [7, 11) is 0. The Bertz CT molecular complexity index is 635. The van der Waals surface area contributed by atoms with E-state index < -0.39 is 0 Å². The van der Waals surface area contributed by atoms with Crippen LogP contribution in [0.2, 0.25) is 0 Å². The van der Waals surface area contributed by atoms with Crippen LogP contribution < -0.4 is 11.1 Å². The third-order valence-electron chi connectivity index (χ3n) is 4.29. The first-order chi connectivity index (χ1) is 11.7. The van der Waals surface area contributed by atoms with E-state index in [2.05, 4.69) is 22.2 Å². The van der Waals surface area contributed by atoms with Gasteiger partial charge in [0.25, 0.3) is 0 Å². The predicted octanol–water partition coefficient (Wildman–Crippen LogP) is 5.00. The van der Waals surface area contributed by atoms with Gasteiger partial charge in [0.05, 0.1) is 11.0 Å². The molecule has 0 aliphatic rings. The molecule has 1 aromatic carbocycles. The highest BCUT2D eigenvalue weighted by Gasteiger charge is 2.05. The smallest absolute Gasteiger partial charge is 0.224 e. The summed E-state index contributed by atoms with van der Waals surface area (Å²) in [5.74, 6) is 0.466. The van der Waals surface area contributed by atoms with Crippen LogP contribution in [0.3, 0.4) is 0 Å². The van der Waals surface area contributed by atoms with Crippen LogP contribution in [-0.2, 0) is 4.79 Å². The first-order valence-electron chi connectivity index (χ1n) is 9.24. The summed E-state index contributed by atoms with van der Waals surface area (Å²) < 4.78 is 0. The standard InChI is InChI=1S/C19H30N4O/c1-2-3-4-5-6-7-8-9-10-11-18(24)21-15-12-13-16-17(14-15)23-19(20)22-16/h12-14H,2-11H2,1H3,(H,21,24)(H3,20,22,23). The van der Waals surface area contributed by atoms with Gasteiger partial charge in [-0.1, -0.05) is 58.3 Å². The molecule has 0 radical (unpaired) electrons. The number of nitrogens with zero attached hydrogens (tertiary/aromatic N) is 1. The average molecular weight is 330 g/mol. The Kier molecular flexibility index (Phi) is 7.59. The Morgan fingerprint density at radius 2 is 1.75 bits per heavy atom. The fourth-order valence-corrected chi connectivity index (χ4v) is 2.93. The number of imidazole rings is 1. The lowest BCUT2D eigenvalue weighted by atomic mass is 10.1. The van der Waals surface area contributed by atoms with Crippen molar-refractivity contribution in [1.29, 1.82) is 0 Å². The summed E-state index contributed by atoms with van der Waals surface area (Å²) >= 11 is 0. The van der Waals surface area contributed by atoms with Gasteiger partial charge < -0.3 is 16.0 Å². The fourth-order valence-electron chi connectivity index (χ4n) is 2.93. The van der Waals surface area contributed by atoms with E-state index in [4.69, 9.17) is 5.73 Å². The van der Waals surface area contributed by atoms with Crippen molar-refractivity contribution >= 4 is 28.6 Å². The molecule has 0 spiro atoms. The number of hydrogen-bond donors (Lipinski definition) is 3. The van der Waals surface area contributed by atoms with Gasteiger partial charge in [-0.2, -0.15) is 0 Å². The lowest BCUT2D eigenvalue weighted by Gasteiger charge is -2.05. The molecule has 2 rings (SSSR count). The van der Waals surface area contributed by atoms with Gasteiger partial charge in [-0.25, -0.2) is 4.98 Å². The SMILES string of the molecule is CCCCCCCCCCCC(=O)Nc1ccc2nc(N)[nH]c2c1. The van der Waals surface area contributed by atoms with Crippen molar-refractivity contribution in [2.75, 3.05) is 11.1 Å². The predicted molar refractivity (Wildman–Crippen MR) is 101 cm³/mol. The third kappa shape index (κ3) is 6.22. The Labute approximate surface area is 144 Å². The van der Waals surface area contributed by atoms with Crippen LogP contribution in [-0.4, -0.2) is 15.9 Å². The molecular weight excluding hydrogens is 300 g/mol. The molecule has 0 aliphatic heterocycles. The number of unbranched alkanes of at least 4 members (excludes halogenated alkanes) is 8. The van der Waals surface area contributed by atoms with E-state index in [0.29, 0.717) is 12.4 Å². The number of aromatic amines is 1. The molecule has 2 aromatic rings. The van der Waals surface area contributed by atoms with Crippen molar-refractivity contribution in [1.82, 2.24) is 9.97 Å². The highest BCUT2D eigenvalue weighted by atomic mass is 16.1. The molecule has 5 heteroatoms. The molecule has 1 heterocycles. The molecule has 0 atom stereocenters. The van der Waals surface area contributed by atoms with Gasteiger partial charge >= 0.3 is 0 Å².